The van der Waals surface area contributed by atoms with Crippen molar-refractivity contribution in [2.24, 2.45) is 5.73 Å². The molecule has 102 valence electrons. The zero-order valence-electron chi connectivity index (χ0n) is 11.3. The Hall–Kier alpha value is -0.970. The Kier molecular flexibility index (Phi) is 5.72. The largest absolute Gasteiger partial charge is 0.379 e. The number of nitrogens with two attached hydrogens (primary N) is 1. The normalized spacial score (nSPS) is 11.8. The molecule has 0 unspecified atom stereocenters. The van der Waals surface area contributed by atoms with Crippen molar-refractivity contribution in [3.05, 3.63) is 35.1 Å². The molecular formula is C14H22FNO2. The van der Waals surface area contributed by atoms with E-state index >= 15 is 0 Å². The predicted octanol–water partition coefficient (Wildman–Crippen LogP) is 2.62. The van der Waals surface area contributed by atoms with Crippen LogP contribution in [0.15, 0.2) is 18.2 Å². The van der Waals surface area contributed by atoms with Gasteiger partial charge in [0, 0.05) is 31.4 Å². The summed E-state index contributed by atoms with van der Waals surface area (Å²) in [5.74, 6) is -0.258. The molecule has 0 aliphatic heterocycles. The van der Waals surface area contributed by atoms with Crippen molar-refractivity contribution < 1.29 is 13.9 Å². The molecular weight excluding hydrogens is 233 g/mol. The second-order valence-electron chi connectivity index (χ2n) is 4.86. The minimum Gasteiger partial charge on any atom is -0.379 e. The number of rotatable bonds is 7. The van der Waals surface area contributed by atoms with Crippen LogP contribution in [-0.4, -0.2) is 19.3 Å². The molecule has 18 heavy (non-hydrogen) atoms. The van der Waals surface area contributed by atoms with E-state index in [1.807, 2.05) is 13.8 Å². The highest BCUT2D eigenvalue weighted by Gasteiger charge is 2.15. The molecule has 0 radical (unpaired) electrons. The zero-order chi connectivity index (χ0) is 13.6. The Morgan fingerprint density at radius 3 is 2.56 bits per heavy atom. The van der Waals surface area contributed by atoms with Gasteiger partial charge in [-0.1, -0.05) is 18.2 Å². The maximum Gasteiger partial charge on any atom is 0.133 e. The molecule has 0 amide bonds. The van der Waals surface area contributed by atoms with Gasteiger partial charge in [0.2, 0.25) is 0 Å². The van der Waals surface area contributed by atoms with E-state index in [-0.39, 0.29) is 24.6 Å². The first-order chi connectivity index (χ1) is 8.50. The fourth-order valence-corrected chi connectivity index (χ4v) is 1.50. The number of hydrogen-bond donors (Lipinski definition) is 1. The van der Waals surface area contributed by atoms with Crippen LogP contribution >= 0.6 is 0 Å². The minimum atomic E-state index is -0.258. The predicted molar refractivity (Wildman–Crippen MR) is 69.7 cm³/mol. The molecule has 0 bridgehead atoms. The van der Waals surface area contributed by atoms with E-state index in [1.54, 1.807) is 25.3 Å². The standard InChI is InChI=1S/C14H22FNO2/c1-14(2,17-3)7-8-18-10-12-6-4-5-11(9-16)13(12)15/h4-6H,7-10,16H2,1-3H3. The first-order valence-electron chi connectivity index (χ1n) is 6.09. The van der Waals surface area contributed by atoms with E-state index in [0.29, 0.717) is 17.7 Å². The van der Waals surface area contributed by atoms with Gasteiger partial charge >= 0.3 is 0 Å². The van der Waals surface area contributed by atoms with E-state index in [2.05, 4.69) is 0 Å². The number of ether oxygens (including phenoxy) is 2. The van der Waals surface area contributed by atoms with Gasteiger partial charge in [0.1, 0.15) is 5.82 Å². The molecule has 0 aromatic heterocycles. The van der Waals surface area contributed by atoms with Crippen LogP contribution in [0.2, 0.25) is 0 Å². The molecule has 0 saturated heterocycles. The molecule has 1 aromatic rings. The van der Waals surface area contributed by atoms with Gasteiger partial charge in [-0.2, -0.15) is 0 Å². The van der Waals surface area contributed by atoms with Crippen LogP contribution in [-0.2, 0) is 22.6 Å². The van der Waals surface area contributed by atoms with Gasteiger partial charge in [0.05, 0.1) is 12.2 Å². The Balaban J connectivity index is 2.45. The quantitative estimate of drug-likeness (QED) is 0.762. The lowest BCUT2D eigenvalue weighted by Crippen LogP contribution is -2.24. The van der Waals surface area contributed by atoms with E-state index < -0.39 is 0 Å². The Labute approximate surface area is 108 Å². The fraction of sp³-hybridized carbons (Fsp3) is 0.571. The summed E-state index contributed by atoms with van der Waals surface area (Å²) >= 11 is 0. The van der Waals surface area contributed by atoms with Crippen molar-refractivity contribution in [3.8, 4) is 0 Å². The molecule has 4 heteroatoms. The fourth-order valence-electron chi connectivity index (χ4n) is 1.50. The maximum atomic E-state index is 13.8. The van der Waals surface area contributed by atoms with Gasteiger partial charge in [0.15, 0.2) is 0 Å². The molecule has 0 fully saturated rings. The van der Waals surface area contributed by atoms with Crippen LogP contribution in [0.1, 0.15) is 31.4 Å². The van der Waals surface area contributed by atoms with Crippen LogP contribution in [0, 0.1) is 5.82 Å². The Morgan fingerprint density at radius 2 is 1.94 bits per heavy atom. The molecule has 0 atom stereocenters. The number of benzene rings is 1. The third kappa shape index (κ3) is 4.37. The third-order valence-corrected chi connectivity index (χ3v) is 3.04. The van der Waals surface area contributed by atoms with Gasteiger partial charge < -0.3 is 15.2 Å². The average molecular weight is 255 g/mol. The Morgan fingerprint density at radius 1 is 1.28 bits per heavy atom. The SMILES string of the molecule is COC(C)(C)CCOCc1cccc(CN)c1F. The summed E-state index contributed by atoms with van der Waals surface area (Å²) in [5.41, 5.74) is 6.31. The molecule has 2 N–H and O–H groups in total. The molecule has 0 aliphatic carbocycles. The van der Waals surface area contributed by atoms with Crippen molar-refractivity contribution in [2.45, 2.75) is 39.0 Å². The highest BCUT2D eigenvalue weighted by Crippen LogP contribution is 2.16. The van der Waals surface area contributed by atoms with Gasteiger partial charge in [-0.05, 0) is 20.3 Å². The van der Waals surface area contributed by atoms with Crippen LogP contribution in [0.25, 0.3) is 0 Å². The lowest BCUT2D eigenvalue weighted by atomic mass is 10.1. The molecule has 0 heterocycles. The summed E-state index contributed by atoms with van der Waals surface area (Å²) in [6.07, 6.45) is 0.766. The van der Waals surface area contributed by atoms with Crippen molar-refractivity contribution in [2.75, 3.05) is 13.7 Å². The number of methoxy groups -OCH3 is 1. The van der Waals surface area contributed by atoms with Crippen LogP contribution in [0.4, 0.5) is 4.39 Å². The lowest BCUT2D eigenvalue weighted by Gasteiger charge is -2.22. The van der Waals surface area contributed by atoms with Crippen LogP contribution < -0.4 is 5.73 Å². The van der Waals surface area contributed by atoms with Crippen molar-refractivity contribution >= 4 is 0 Å². The molecule has 0 aliphatic rings. The minimum absolute atomic E-state index is 0.205. The first-order valence-corrected chi connectivity index (χ1v) is 6.09. The molecule has 0 spiro atoms. The number of halogens is 1. The summed E-state index contributed by atoms with van der Waals surface area (Å²) in [5, 5.41) is 0. The zero-order valence-corrected chi connectivity index (χ0v) is 11.3. The van der Waals surface area contributed by atoms with Crippen molar-refractivity contribution in [1.29, 1.82) is 0 Å². The van der Waals surface area contributed by atoms with Gasteiger partial charge in [0.25, 0.3) is 0 Å². The summed E-state index contributed by atoms with van der Waals surface area (Å²) < 4.78 is 24.6. The summed E-state index contributed by atoms with van der Waals surface area (Å²) in [6.45, 7) is 4.99. The first kappa shape index (κ1) is 15.1. The van der Waals surface area contributed by atoms with Crippen LogP contribution in [0.3, 0.4) is 0 Å². The second-order valence-corrected chi connectivity index (χ2v) is 4.86. The van der Waals surface area contributed by atoms with E-state index in [9.17, 15) is 4.39 Å². The smallest absolute Gasteiger partial charge is 0.133 e. The Bertz CT molecular complexity index is 380. The summed E-state index contributed by atoms with van der Waals surface area (Å²) in [7, 11) is 1.67. The van der Waals surface area contributed by atoms with E-state index in [0.717, 1.165) is 6.42 Å². The number of hydrogen-bond acceptors (Lipinski definition) is 3. The van der Waals surface area contributed by atoms with E-state index in [4.69, 9.17) is 15.2 Å². The highest BCUT2D eigenvalue weighted by atomic mass is 19.1. The van der Waals surface area contributed by atoms with Gasteiger partial charge in [-0.25, -0.2) is 4.39 Å². The van der Waals surface area contributed by atoms with E-state index in [1.165, 1.54) is 0 Å². The highest BCUT2D eigenvalue weighted by molar-refractivity contribution is 5.25. The van der Waals surface area contributed by atoms with Crippen molar-refractivity contribution in [3.63, 3.8) is 0 Å². The molecule has 1 aromatic carbocycles. The van der Waals surface area contributed by atoms with Crippen molar-refractivity contribution in [1.82, 2.24) is 0 Å². The van der Waals surface area contributed by atoms with Crippen LogP contribution in [0.5, 0.6) is 0 Å². The average Bonchev–Trinajstić information content (AvgIpc) is 2.36. The molecule has 1 rings (SSSR count). The van der Waals surface area contributed by atoms with Gasteiger partial charge in [-0.15, -0.1) is 0 Å². The molecule has 0 saturated carbocycles. The van der Waals surface area contributed by atoms with Gasteiger partial charge in [-0.3, -0.25) is 0 Å². The maximum absolute atomic E-state index is 13.8. The third-order valence-electron chi connectivity index (χ3n) is 3.04. The summed E-state index contributed by atoms with van der Waals surface area (Å²) in [6, 6.07) is 5.20. The molecule has 3 nitrogen and oxygen atoms in total. The monoisotopic (exact) mass is 255 g/mol. The second kappa shape index (κ2) is 6.83. The summed E-state index contributed by atoms with van der Waals surface area (Å²) in [4.78, 5) is 0. The topological polar surface area (TPSA) is 44.5 Å². The lowest BCUT2D eigenvalue weighted by molar-refractivity contribution is -0.0127.